The number of hydrogen-bond donors (Lipinski definition) is 3. The molecule has 1 aliphatic rings. The highest BCUT2D eigenvalue weighted by Gasteiger charge is 2.24. The normalized spacial score (nSPS) is 17.4. The van der Waals surface area contributed by atoms with E-state index in [1.807, 2.05) is 0 Å². The molecule has 0 spiro atoms. The number of aliphatic carboxylic acids is 1. The molecule has 0 bridgehead atoms. The summed E-state index contributed by atoms with van der Waals surface area (Å²) < 4.78 is 4.54. The molecule has 1 aromatic rings. The summed E-state index contributed by atoms with van der Waals surface area (Å²) in [6.07, 6.45) is 0. The first-order valence-corrected chi connectivity index (χ1v) is 6.61. The number of carbonyl (C=O) groups excluding carboxylic acids is 1. The summed E-state index contributed by atoms with van der Waals surface area (Å²) in [5.74, 6) is -1.33. The summed E-state index contributed by atoms with van der Waals surface area (Å²) >= 11 is 1.25. The number of hydrogen-bond acceptors (Lipinski definition) is 7. The number of rotatable bonds is 3. The number of carboxylic acid groups (broad SMARTS) is 1. The van der Waals surface area contributed by atoms with E-state index in [0.29, 0.717) is 16.6 Å². The molecule has 1 aromatic carbocycles. The maximum Gasteiger partial charge on any atom is 0.337 e. The Morgan fingerprint density at radius 2 is 2.25 bits per heavy atom. The van der Waals surface area contributed by atoms with E-state index >= 15 is 0 Å². The first-order valence-electron chi connectivity index (χ1n) is 5.63. The van der Waals surface area contributed by atoms with Gasteiger partial charge in [0.25, 0.3) is 0 Å². The van der Waals surface area contributed by atoms with Crippen molar-refractivity contribution in [2.75, 3.05) is 18.2 Å². The number of amidine groups is 1. The zero-order chi connectivity index (χ0) is 14.7. The van der Waals surface area contributed by atoms with Crippen LogP contribution in [0.2, 0.25) is 0 Å². The van der Waals surface area contributed by atoms with Gasteiger partial charge < -0.3 is 20.3 Å². The lowest BCUT2D eigenvalue weighted by atomic mass is 10.2. The lowest BCUT2D eigenvalue weighted by molar-refractivity contribution is -0.137. The maximum atomic E-state index is 11.3. The second kappa shape index (κ2) is 5.83. The van der Waals surface area contributed by atoms with Gasteiger partial charge in [0.15, 0.2) is 11.2 Å². The van der Waals surface area contributed by atoms with Crippen molar-refractivity contribution < 1.29 is 24.5 Å². The van der Waals surface area contributed by atoms with E-state index in [4.69, 9.17) is 5.11 Å². The highest BCUT2D eigenvalue weighted by molar-refractivity contribution is 8.14. The van der Waals surface area contributed by atoms with E-state index in [1.54, 1.807) is 0 Å². The SMILES string of the molecule is COC(=O)c1ccc(NC2=N[C@H](C(=O)O)CS2)c(O)c1. The van der Waals surface area contributed by atoms with E-state index in [-0.39, 0.29) is 11.3 Å². The number of phenols is 1. The first kappa shape index (κ1) is 14.2. The van der Waals surface area contributed by atoms with Crippen molar-refractivity contribution in [1.29, 1.82) is 0 Å². The Labute approximate surface area is 118 Å². The van der Waals surface area contributed by atoms with Crippen LogP contribution in [0.5, 0.6) is 5.75 Å². The molecule has 0 aliphatic carbocycles. The standard InChI is InChI=1S/C12H12N2O5S/c1-19-11(18)6-2-3-7(9(15)4-6)13-12-14-8(5-20-12)10(16)17/h2-4,8,15H,5H2,1H3,(H,13,14)(H,16,17)/t8-/m0/s1. The number of anilines is 1. The number of aromatic hydroxyl groups is 1. The fourth-order valence-corrected chi connectivity index (χ4v) is 2.48. The van der Waals surface area contributed by atoms with Gasteiger partial charge in [0.2, 0.25) is 0 Å². The summed E-state index contributed by atoms with van der Waals surface area (Å²) in [7, 11) is 1.25. The van der Waals surface area contributed by atoms with E-state index in [1.165, 1.54) is 37.1 Å². The quantitative estimate of drug-likeness (QED) is 0.567. The van der Waals surface area contributed by atoms with Gasteiger partial charge in [0, 0.05) is 5.75 Å². The number of phenolic OH excluding ortho intramolecular Hbond substituents is 1. The van der Waals surface area contributed by atoms with Crippen molar-refractivity contribution in [3.63, 3.8) is 0 Å². The Kier molecular flexibility index (Phi) is 4.14. The van der Waals surface area contributed by atoms with Crippen molar-refractivity contribution in [3.05, 3.63) is 23.8 Å². The molecule has 0 saturated carbocycles. The molecule has 1 atom stereocenters. The second-order valence-electron chi connectivity index (χ2n) is 3.95. The number of methoxy groups -OCH3 is 1. The number of ether oxygens (including phenoxy) is 1. The van der Waals surface area contributed by atoms with Gasteiger partial charge >= 0.3 is 11.9 Å². The van der Waals surface area contributed by atoms with Gasteiger partial charge in [-0.1, -0.05) is 11.8 Å². The summed E-state index contributed by atoms with van der Waals surface area (Å²) in [6.45, 7) is 0. The number of nitrogens with one attached hydrogen (secondary N) is 1. The average Bonchev–Trinajstić information content (AvgIpc) is 2.89. The van der Waals surface area contributed by atoms with Crippen LogP contribution in [0, 0.1) is 0 Å². The van der Waals surface area contributed by atoms with Crippen LogP contribution in [0.3, 0.4) is 0 Å². The van der Waals surface area contributed by atoms with Crippen LogP contribution in [-0.4, -0.2) is 46.2 Å². The Morgan fingerprint density at radius 1 is 1.50 bits per heavy atom. The Balaban J connectivity index is 2.13. The summed E-state index contributed by atoms with van der Waals surface area (Å²) in [5.41, 5.74) is 0.565. The molecule has 20 heavy (non-hydrogen) atoms. The molecule has 1 aliphatic heterocycles. The number of carbonyl (C=O) groups is 2. The van der Waals surface area contributed by atoms with E-state index in [9.17, 15) is 14.7 Å². The van der Waals surface area contributed by atoms with Gasteiger partial charge in [-0.15, -0.1) is 0 Å². The molecule has 0 fully saturated rings. The molecule has 0 saturated heterocycles. The predicted octanol–water partition coefficient (Wildman–Crippen LogP) is 1.15. The van der Waals surface area contributed by atoms with Crippen LogP contribution in [0.4, 0.5) is 5.69 Å². The topological polar surface area (TPSA) is 108 Å². The third kappa shape index (κ3) is 3.02. The van der Waals surface area contributed by atoms with Crippen LogP contribution < -0.4 is 5.32 Å². The average molecular weight is 296 g/mol. The van der Waals surface area contributed by atoms with Crippen molar-refractivity contribution in [2.24, 2.45) is 4.99 Å². The monoisotopic (exact) mass is 296 g/mol. The number of aliphatic imine (C=N–C) groups is 1. The van der Waals surface area contributed by atoms with Gasteiger partial charge in [-0.3, -0.25) is 0 Å². The molecule has 0 unspecified atom stereocenters. The maximum absolute atomic E-state index is 11.3. The molecular weight excluding hydrogens is 284 g/mol. The van der Waals surface area contributed by atoms with E-state index < -0.39 is 18.0 Å². The van der Waals surface area contributed by atoms with Crippen molar-refractivity contribution >= 4 is 34.6 Å². The molecule has 0 amide bonds. The molecule has 0 radical (unpaired) electrons. The van der Waals surface area contributed by atoms with Crippen LogP contribution in [0.15, 0.2) is 23.2 Å². The molecule has 3 N–H and O–H groups in total. The van der Waals surface area contributed by atoms with Gasteiger partial charge in [-0.2, -0.15) is 0 Å². The van der Waals surface area contributed by atoms with Crippen LogP contribution in [0.25, 0.3) is 0 Å². The Morgan fingerprint density at radius 3 is 2.80 bits per heavy atom. The zero-order valence-corrected chi connectivity index (χ0v) is 11.3. The lowest BCUT2D eigenvalue weighted by Gasteiger charge is -2.08. The van der Waals surface area contributed by atoms with Gasteiger partial charge in [-0.05, 0) is 18.2 Å². The number of esters is 1. The Hall–Kier alpha value is -2.22. The third-order valence-electron chi connectivity index (χ3n) is 2.60. The largest absolute Gasteiger partial charge is 0.506 e. The number of thioether (sulfide) groups is 1. The fraction of sp³-hybridized carbons (Fsp3) is 0.250. The lowest BCUT2D eigenvalue weighted by Crippen LogP contribution is -2.17. The molecule has 7 nitrogen and oxygen atoms in total. The third-order valence-corrected chi connectivity index (χ3v) is 3.56. The van der Waals surface area contributed by atoms with Crippen LogP contribution in [0.1, 0.15) is 10.4 Å². The number of nitrogens with zero attached hydrogens (tertiary/aromatic N) is 1. The highest BCUT2D eigenvalue weighted by Crippen LogP contribution is 2.27. The van der Waals surface area contributed by atoms with Gasteiger partial charge in [-0.25, -0.2) is 14.6 Å². The van der Waals surface area contributed by atoms with Crippen LogP contribution >= 0.6 is 11.8 Å². The molecule has 0 aromatic heterocycles. The zero-order valence-electron chi connectivity index (χ0n) is 10.5. The molecule has 1 heterocycles. The molecule has 2 rings (SSSR count). The summed E-state index contributed by atoms with van der Waals surface area (Å²) in [6, 6.07) is 3.48. The van der Waals surface area contributed by atoms with E-state index in [0.717, 1.165) is 0 Å². The minimum absolute atomic E-state index is 0.144. The minimum Gasteiger partial charge on any atom is -0.506 e. The number of benzene rings is 1. The fourth-order valence-electron chi connectivity index (χ4n) is 1.57. The molecule has 8 heteroatoms. The summed E-state index contributed by atoms with van der Waals surface area (Å²) in [5, 5.41) is 21.9. The second-order valence-corrected chi connectivity index (χ2v) is 4.96. The van der Waals surface area contributed by atoms with Crippen molar-refractivity contribution in [3.8, 4) is 5.75 Å². The van der Waals surface area contributed by atoms with Crippen molar-refractivity contribution in [2.45, 2.75) is 6.04 Å². The molecule has 106 valence electrons. The highest BCUT2D eigenvalue weighted by atomic mass is 32.2. The molecular formula is C12H12N2O5S. The first-order chi connectivity index (χ1) is 9.51. The Bertz CT molecular complexity index is 587. The van der Waals surface area contributed by atoms with Crippen molar-refractivity contribution in [1.82, 2.24) is 0 Å². The van der Waals surface area contributed by atoms with E-state index in [2.05, 4.69) is 15.0 Å². The minimum atomic E-state index is -0.987. The smallest absolute Gasteiger partial charge is 0.337 e. The van der Waals surface area contributed by atoms with Gasteiger partial charge in [0.05, 0.1) is 18.4 Å². The number of carboxylic acids is 1. The summed E-state index contributed by atoms with van der Waals surface area (Å²) in [4.78, 5) is 26.0. The van der Waals surface area contributed by atoms with Crippen LogP contribution in [-0.2, 0) is 9.53 Å². The van der Waals surface area contributed by atoms with Gasteiger partial charge in [0.1, 0.15) is 5.75 Å². The predicted molar refractivity (Wildman–Crippen MR) is 74.4 cm³/mol.